The summed E-state index contributed by atoms with van der Waals surface area (Å²) in [7, 11) is 0. The third-order valence-electron chi connectivity index (χ3n) is 2.77. The summed E-state index contributed by atoms with van der Waals surface area (Å²) >= 11 is 0. The normalized spacial score (nSPS) is 10.6. The topological polar surface area (TPSA) is 66.0 Å². The molecule has 2 N–H and O–H groups in total. The first-order chi connectivity index (χ1) is 8.72. The quantitative estimate of drug-likeness (QED) is 0.821. The number of rotatable bonds is 5. The zero-order valence-corrected chi connectivity index (χ0v) is 10.8. The van der Waals surface area contributed by atoms with Crippen LogP contribution >= 0.6 is 0 Å². The first kappa shape index (κ1) is 12.4. The summed E-state index contributed by atoms with van der Waals surface area (Å²) in [5.41, 5.74) is 7.65. The highest BCUT2D eigenvalue weighted by Gasteiger charge is 2.07. The van der Waals surface area contributed by atoms with E-state index in [9.17, 15) is 0 Å². The van der Waals surface area contributed by atoms with Crippen LogP contribution in [-0.4, -0.2) is 14.8 Å². The van der Waals surface area contributed by atoms with Crippen molar-refractivity contribution in [3.05, 3.63) is 35.9 Å². The summed E-state index contributed by atoms with van der Waals surface area (Å²) in [4.78, 5) is 4.19. The lowest BCUT2D eigenvalue weighted by atomic mass is 10.2. The van der Waals surface area contributed by atoms with E-state index in [-0.39, 0.29) is 0 Å². The van der Waals surface area contributed by atoms with Gasteiger partial charge in [0.1, 0.15) is 18.7 Å². The Labute approximate surface area is 107 Å². The summed E-state index contributed by atoms with van der Waals surface area (Å²) < 4.78 is 7.55. The standard InChI is InChI=1S/C13H18N4O/c1-3-7-17-12(15-9-16-17)8-18-11-6-4-5-10(2)13(11)14/h4-6,9H,3,7-8,14H2,1-2H3. The summed E-state index contributed by atoms with van der Waals surface area (Å²) in [5, 5.41) is 4.15. The predicted octanol–water partition coefficient (Wildman–Crippen LogP) is 2.16. The summed E-state index contributed by atoms with van der Waals surface area (Å²) in [6.45, 7) is 5.29. The largest absolute Gasteiger partial charge is 0.483 e. The molecule has 0 radical (unpaired) electrons. The average Bonchev–Trinajstić information content (AvgIpc) is 2.79. The maximum absolute atomic E-state index is 5.95. The molecule has 1 heterocycles. The molecule has 0 bridgehead atoms. The van der Waals surface area contributed by atoms with Crippen LogP contribution in [0, 0.1) is 6.92 Å². The van der Waals surface area contributed by atoms with Crippen molar-refractivity contribution in [3.63, 3.8) is 0 Å². The van der Waals surface area contributed by atoms with Gasteiger partial charge in [-0.1, -0.05) is 19.1 Å². The number of benzene rings is 1. The Morgan fingerprint density at radius 2 is 2.22 bits per heavy atom. The van der Waals surface area contributed by atoms with E-state index in [1.807, 2.05) is 29.8 Å². The lowest BCUT2D eigenvalue weighted by Crippen LogP contribution is -2.09. The predicted molar refractivity (Wildman–Crippen MR) is 70.2 cm³/mol. The van der Waals surface area contributed by atoms with Crippen LogP contribution in [-0.2, 0) is 13.2 Å². The van der Waals surface area contributed by atoms with E-state index in [0.29, 0.717) is 18.0 Å². The Bertz CT molecular complexity index is 521. The third kappa shape index (κ3) is 2.61. The molecule has 96 valence electrons. The number of para-hydroxylation sites is 1. The molecule has 2 aromatic rings. The van der Waals surface area contributed by atoms with Gasteiger partial charge in [0.15, 0.2) is 5.82 Å². The minimum absolute atomic E-state index is 0.383. The number of ether oxygens (including phenoxy) is 1. The van der Waals surface area contributed by atoms with E-state index in [4.69, 9.17) is 10.5 Å². The van der Waals surface area contributed by atoms with Gasteiger partial charge in [-0.25, -0.2) is 9.67 Å². The molecule has 0 atom stereocenters. The summed E-state index contributed by atoms with van der Waals surface area (Å²) in [6.07, 6.45) is 2.57. The van der Waals surface area contributed by atoms with Gasteiger partial charge >= 0.3 is 0 Å². The molecule has 0 saturated carbocycles. The van der Waals surface area contributed by atoms with Gasteiger partial charge in [0.05, 0.1) is 5.69 Å². The number of nitrogens with two attached hydrogens (primary N) is 1. The van der Waals surface area contributed by atoms with Gasteiger partial charge < -0.3 is 10.5 Å². The molecule has 2 rings (SSSR count). The molecule has 5 heteroatoms. The first-order valence-corrected chi connectivity index (χ1v) is 6.07. The van der Waals surface area contributed by atoms with Crippen LogP contribution in [0.3, 0.4) is 0 Å². The maximum atomic E-state index is 5.95. The van der Waals surface area contributed by atoms with Crippen molar-refractivity contribution >= 4 is 5.69 Å². The molecule has 0 fully saturated rings. The zero-order valence-electron chi connectivity index (χ0n) is 10.8. The molecule has 1 aromatic carbocycles. The Kier molecular flexibility index (Phi) is 3.82. The van der Waals surface area contributed by atoms with E-state index >= 15 is 0 Å². The molecule has 5 nitrogen and oxygen atoms in total. The molecule has 18 heavy (non-hydrogen) atoms. The second-order valence-corrected chi connectivity index (χ2v) is 4.17. The lowest BCUT2D eigenvalue weighted by molar-refractivity contribution is 0.287. The average molecular weight is 246 g/mol. The molecule has 0 aliphatic rings. The monoisotopic (exact) mass is 246 g/mol. The van der Waals surface area contributed by atoms with E-state index in [2.05, 4.69) is 17.0 Å². The lowest BCUT2D eigenvalue weighted by Gasteiger charge is -2.10. The van der Waals surface area contributed by atoms with Gasteiger partial charge in [-0.3, -0.25) is 0 Å². The van der Waals surface area contributed by atoms with E-state index in [1.54, 1.807) is 6.33 Å². The highest BCUT2D eigenvalue weighted by atomic mass is 16.5. The molecule has 1 aromatic heterocycles. The van der Waals surface area contributed by atoms with Gasteiger partial charge in [-0.05, 0) is 25.0 Å². The molecular formula is C13H18N4O. The Morgan fingerprint density at radius 1 is 1.39 bits per heavy atom. The van der Waals surface area contributed by atoms with Crippen LogP contribution in [0.1, 0.15) is 24.7 Å². The second-order valence-electron chi connectivity index (χ2n) is 4.17. The number of aryl methyl sites for hydroxylation is 2. The summed E-state index contributed by atoms with van der Waals surface area (Å²) in [5.74, 6) is 1.51. The van der Waals surface area contributed by atoms with Gasteiger partial charge in [0.25, 0.3) is 0 Å². The van der Waals surface area contributed by atoms with Crippen LogP contribution in [0.2, 0.25) is 0 Å². The van der Waals surface area contributed by atoms with Crippen molar-refractivity contribution in [2.75, 3.05) is 5.73 Å². The van der Waals surface area contributed by atoms with Crippen molar-refractivity contribution in [1.82, 2.24) is 14.8 Å². The van der Waals surface area contributed by atoms with E-state index in [0.717, 1.165) is 24.4 Å². The minimum Gasteiger partial charge on any atom is -0.483 e. The molecule has 0 saturated heterocycles. The van der Waals surface area contributed by atoms with Gasteiger partial charge in [-0.15, -0.1) is 0 Å². The molecule has 0 aliphatic heterocycles. The van der Waals surface area contributed by atoms with Crippen LogP contribution in [0.4, 0.5) is 5.69 Å². The number of hydrogen-bond donors (Lipinski definition) is 1. The van der Waals surface area contributed by atoms with E-state index in [1.165, 1.54) is 0 Å². The Balaban J connectivity index is 2.07. The van der Waals surface area contributed by atoms with Crippen LogP contribution in [0.25, 0.3) is 0 Å². The first-order valence-electron chi connectivity index (χ1n) is 6.07. The van der Waals surface area contributed by atoms with Gasteiger partial charge in [0, 0.05) is 6.54 Å². The second kappa shape index (κ2) is 5.53. The Morgan fingerprint density at radius 3 is 3.00 bits per heavy atom. The molecule has 0 spiro atoms. The van der Waals surface area contributed by atoms with Crippen molar-refractivity contribution in [3.8, 4) is 5.75 Å². The fourth-order valence-corrected chi connectivity index (χ4v) is 1.72. The fourth-order valence-electron chi connectivity index (χ4n) is 1.72. The SMILES string of the molecule is CCCn1ncnc1COc1cccc(C)c1N. The van der Waals surface area contributed by atoms with Gasteiger partial charge in [0.2, 0.25) is 0 Å². The summed E-state index contributed by atoms with van der Waals surface area (Å²) in [6, 6.07) is 5.75. The third-order valence-corrected chi connectivity index (χ3v) is 2.77. The zero-order chi connectivity index (χ0) is 13.0. The van der Waals surface area contributed by atoms with Crippen molar-refractivity contribution in [2.45, 2.75) is 33.4 Å². The molecule has 0 amide bonds. The number of nitrogens with zero attached hydrogens (tertiary/aromatic N) is 3. The number of nitrogen functional groups attached to an aromatic ring is 1. The van der Waals surface area contributed by atoms with Crippen LogP contribution < -0.4 is 10.5 Å². The number of hydrogen-bond acceptors (Lipinski definition) is 4. The smallest absolute Gasteiger partial charge is 0.164 e. The van der Waals surface area contributed by atoms with Gasteiger partial charge in [-0.2, -0.15) is 5.10 Å². The highest BCUT2D eigenvalue weighted by molar-refractivity contribution is 5.57. The van der Waals surface area contributed by atoms with Crippen molar-refractivity contribution in [2.24, 2.45) is 0 Å². The van der Waals surface area contributed by atoms with Crippen molar-refractivity contribution < 1.29 is 4.74 Å². The van der Waals surface area contributed by atoms with Crippen molar-refractivity contribution in [1.29, 1.82) is 0 Å². The van der Waals surface area contributed by atoms with E-state index < -0.39 is 0 Å². The van der Waals surface area contributed by atoms with Crippen LogP contribution in [0.5, 0.6) is 5.75 Å². The highest BCUT2D eigenvalue weighted by Crippen LogP contribution is 2.24. The molecular weight excluding hydrogens is 228 g/mol. The number of aromatic nitrogens is 3. The molecule has 0 aliphatic carbocycles. The number of anilines is 1. The van der Waals surface area contributed by atoms with Crippen LogP contribution in [0.15, 0.2) is 24.5 Å². The minimum atomic E-state index is 0.383. The maximum Gasteiger partial charge on any atom is 0.164 e. The Hall–Kier alpha value is -2.04. The fraction of sp³-hybridized carbons (Fsp3) is 0.385. The molecule has 0 unspecified atom stereocenters.